The largest absolute Gasteiger partial charge is 0.495 e. The monoisotopic (exact) mass is 402 g/mol. The van der Waals surface area contributed by atoms with E-state index in [1.165, 1.54) is 18.4 Å². The maximum Gasteiger partial charge on any atom is 0.244 e. The van der Waals surface area contributed by atoms with E-state index in [0.29, 0.717) is 5.75 Å². The number of benzene rings is 2. The molecule has 1 N–H and O–H groups in total. The van der Waals surface area contributed by atoms with Crippen LogP contribution in [0.4, 0.5) is 0 Å². The third-order valence-corrected chi connectivity index (χ3v) is 6.91. The predicted octanol–water partition coefficient (Wildman–Crippen LogP) is 4.22. The van der Waals surface area contributed by atoms with Gasteiger partial charge in [-0.3, -0.25) is 0 Å². The van der Waals surface area contributed by atoms with E-state index >= 15 is 0 Å². The molecule has 0 amide bonds. The zero-order valence-corrected chi connectivity index (χ0v) is 17.4. The summed E-state index contributed by atoms with van der Waals surface area (Å²) in [7, 11) is -2.24. The molecule has 3 rings (SSSR count). The number of ether oxygens (including phenoxy) is 1. The molecule has 1 heterocycles. The van der Waals surface area contributed by atoms with Crippen LogP contribution in [0.2, 0.25) is 0 Å². The molecular formula is C20H22N2O3S2. The lowest BCUT2D eigenvalue weighted by atomic mass is 10.1. The van der Waals surface area contributed by atoms with Crippen molar-refractivity contribution in [1.82, 2.24) is 9.71 Å². The van der Waals surface area contributed by atoms with Crippen molar-refractivity contribution in [1.29, 1.82) is 0 Å². The molecule has 0 saturated heterocycles. The summed E-state index contributed by atoms with van der Waals surface area (Å²) in [5.41, 5.74) is 3.90. The highest BCUT2D eigenvalue weighted by Gasteiger charge is 2.21. The molecule has 2 aromatic carbocycles. The Morgan fingerprint density at radius 2 is 1.85 bits per heavy atom. The van der Waals surface area contributed by atoms with Gasteiger partial charge < -0.3 is 4.74 Å². The summed E-state index contributed by atoms with van der Waals surface area (Å²) in [4.78, 5) is 5.66. The fraction of sp³-hybridized carbons (Fsp3) is 0.250. The van der Waals surface area contributed by atoms with Gasteiger partial charge in [0.1, 0.15) is 15.7 Å². The van der Waals surface area contributed by atoms with E-state index in [1.807, 2.05) is 51.1 Å². The maximum atomic E-state index is 12.8. The number of aromatic nitrogens is 1. The molecule has 142 valence electrons. The minimum absolute atomic E-state index is 0.145. The average Bonchev–Trinajstić information content (AvgIpc) is 3.01. The third kappa shape index (κ3) is 4.21. The number of sulfonamides is 1. The minimum Gasteiger partial charge on any atom is -0.495 e. The van der Waals surface area contributed by atoms with Crippen molar-refractivity contribution >= 4 is 21.4 Å². The first-order valence-corrected chi connectivity index (χ1v) is 10.8. The second kappa shape index (κ2) is 7.80. The summed E-state index contributed by atoms with van der Waals surface area (Å²) in [5.74, 6) is 0.328. The van der Waals surface area contributed by atoms with Crippen LogP contribution in [0.3, 0.4) is 0 Å². The number of methoxy groups -OCH3 is 1. The lowest BCUT2D eigenvalue weighted by molar-refractivity contribution is 0.402. The van der Waals surface area contributed by atoms with Gasteiger partial charge in [0.25, 0.3) is 0 Å². The normalized spacial score (nSPS) is 11.6. The summed E-state index contributed by atoms with van der Waals surface area (Å²) < 4.78 is 33.4. The van der Waals surface area contributed by atoms with E-state index < -0.39 is 10.0 Å². The Bertz CT molecular complexity index is 1070. The van der Waals surface area contributed by atoms with Crippen LogP contribution >= 0.6 is 11.3 Å². The summed E-state index contributed by atoms with van der Waals surface area (Å²) in [5, 5.41) is 0.896. The van der Waals surface area contributed by atoms with Gasteiger partial charge in [-0.25, -0.2) is 18.1 Å². The zero-order valence-electron chi connectivity index (χ0n) is 15.7. The minimum atomic E-state index is -3.70. The summed E-state index contributed by atoms with van der Waals surface area (Å²) in [6, 6.07) is 13.1. The first-order chi connectivity index (χ1) is 12.8. The van der Waals surface area contributed by atoms with E-state index in [9.17, 15) is 8.42 Å². The predicted molar refractivity (Wildman–Crippen MR) is 109 cm³/mol. The first-order valence-electron chi connectivity index (χ1n) is 8.48. The molecule has 0 radical (unpaired) electrons. The highest BCUT2D eigenvalue weighted by Crippen LogP contribution is 2.31. The Balaban J connectivity index is 1.85. The molecule has 0 spiro atoms. The summed E-state index contributed by atoms with van der Waals surface area (Å²) in [6.45, 7) is 5.97. The Hall–Kier alpha value is -2.22. The van der Waals surface area contributed by atoms with Gasteiger partial charge in [-0.2, -0.15) is 0 Å². The van der Waals surface area contributed by atoms with Crippen molar-refractivity contribution in [2.45, 2.75) is 32.2 Å². The van der Waals surface area contributed by atoms with Crippen LogP contribution in [0.25, 0.3) is 10.6 Å². The van der Waals surface area contributed by atoms with Crippen LogP contribution in [0, 0.1) is 20.8 Å². The van der Waals surface area contributed by atoms with Crippen LogP contribution in [0.1, 0.15) is 21.7 Å². The molecule has 0 atom stereocenters. The maximum absolute atomic E-state index is 12.8. The van der Waals surface area contributed by atoms with E-state index in [-0.39, 0.29) is 11.4 Å². The summed E-state index contributed by atoms with van der Waals surface area (Å²) in [6.07, 6.45) is 0. The molecule has 0 bridgehead atoms. The van der Waals surface area contributed by atoms with Crippen molar-refractivity contribution in [3.05, 3.63) is 64.2 Å². The van der Waals surface area contributed by atoms with E-state index in [1.54, 1.807) is 12.1 Å². The highest BCUT2D eigenvalue weighted by atomic mass is 32.2. The molecule has 5 nitrogen and oxygen atoms in total. The first kappa shape index (κ1) is 19.5. The van der Waals surface area contributed by atoms with Crippen LogP contribution in [0.5, 0.6) is 5.75 Å². The molecule has 0 saturated carbocycles. The Kier molecular flexibility index (Phi) is 5.64. The zero-order chi connectivity index (χ0) is 19.6. The van der Waals surface area contributed by atoms with Crippen molar-refractivity contribution in [2.75, 3.05) is 7.11 Å². The molecule has 1 aromatic heterocycles. The fourth-order valence-electron chi connectivity index (χ4n) is 2.75. The van der Waals surface area contributed by atoms with Crippen molar-refractivity contribution < 1.29 is 13.2 Å². The van der Waals surface area contributed by atoms with Gasteiger partial charge in [-0.1, -0.05) is 30.3 Å². The quantitative estimate of drug-likeness (QED) is 0.670. The van der Waals surface area contributed by atoms with Gasteiger partial charge in [0, 0.05) is 17.0 Å². The molecule has 27 heavy (non-hydrogen) atoms. The van der Waals surface area contributed by atoms with E-state index in [4.69, 9.17) is 4.74 Å². The van der Waals surface area contributed by atoms with Crippen molar-refractivity contribution in [3.63, 3.8) is 0 Å². The smallest absolute Gasteiger partial charge is 0.244 e. The van der Waals surface area contributed by atoms with Crippen molar-refractivity contribution in [3.8, 4) is 16.3 Å². The number of nitrogens with zero attached hydrogens (tertiary/aromatic N) is 1. The Labute approximate surface area is 164 Å². The molecule has 3 aromatic rings. The number of hydrogen-bond acceptors (Lipinski definition) is 5. The molecule has 0 aliphatic heterocycles. The van der Waals surface area contributed by atoms with Crippen LogP contribution in [0.15, 0.2) is 47.4 Å². The average molecular weight is 403 g/mol. The topological polar surface area (TPSA) is 68.3 Å². The van der Waals surface area contributed by atoms with Gasteiger partial charge in [0.15, 0.2) is 0 Å². The SMILES string of the molecule is COc1ccc(C)cc1S(=O)(=O)NCc1sc(-c2ccccc2C)nc1C. The number of aryl methyl sites for hydroxylation is 3. The van der Waals surface area contributed by atoms with Gasteiger partial charge in [0.2, 0.25) is 10.0 Å². The van der Waals surface area contributed by atoms with Gasteiger partial charge in [0.05, 0.1) is 12.8 Å². The number of hydrogen-bond donors (Lipinski definition) is 1. The van der Waals surface area contributed by atoms with Crippen LogP contribution in [-0.4, -0.2) is 20.5 Å². The van der Waals surface area contributed by atoms with Crippen LogP contribution in [-0.2, 0) is 16.6 Å². The molecule has 0 fully saturated rings. The lowest BCUT2D eigenvalue weighted by Crippen LogP contribution is -2.23. The van der Waals surface area contributed by atoms with Gasteiger partial charge in [-0.05, 0) is 44.0 Å². The molecule has 0 aliphatic carbocycles. The number of thiazole rings is 1. The van der Waals surface area contributed by atoms with E-state index in [0.717, 1.165) is 32.3 Å². The van der Waals surface area contributed by atoms with Gasteiger partial charge >= 0.3 is 0 Å². The van der Waals surface area contributed by atoms with Gasteiger partial charge in [-0.15, -0.1) is 11.3 Å². The lowest BCUT2D eigenvalue weighted by Gasteiger charge is -2.11. The second-order valence-electron chi connectivity index (χ2n) is 6.32. The van der Waals surface area contributed by atoms with Crippen LogP contribution < -0.4 is 9.46 Å². The fourth-order valence-corrected chi connectivity index (χ4v) is 5.18. The summed E-state index contributed by atoms with van der Waals surface area (Å²) >= 11 is 1.51. The van der Waals surface area contributed by atoms with Crippen molar-refractivity contribution in [2.24, 2.45) is 0 Å². The third-order valence-electron chi connectivity index (χ3n) is 4.30. The number of rotatable bonds is 6. The Morgan fingerprint density at radius 3 is 2.56 bits per heavy atom. The molecular weight excluding hydrogens is 380 g/mol. The molecule has 0 unspecified atom stereocenters. The Morgan fingerprint density at radius 1 is 1.11 bits per heavy atom. The molecule has 0 aliphatic rings. The highest BCUT2D eigenvalue weighted by molar-refractivity contribution is 7.89. The second-order valence-corrected chi connectivity index (χ2v) is 9.14. The standard InChI is InChI=1S/C20H22N2O3S2/c1-13-9-10-17(25-4)19(11-13)27(23,24)21-12-18-15(3)22-20(26-18)16-8-6-5-7-14(16)2/h5-11,21H,12H2,1-4H3. The molecule has 7 heteroatoms. The number of nitrogens with one attached hydrogen (secondary N) is 1. The van der Waals surface area contributed by atoms with E-state index in [2.05, 4.69) is 9.71 Å².